The molecule has 0 saturated heterocycles. The quantitative estimate of drug-likeness (QED) is 0.694. The van der Waals surface area contributed by atoms with Crippen LogP contribution in [0.3, 0.4) is 0 Å². The molecule has 0 aromatic carbocycles. The van der Waals surface area contributed by atoms with Gasteiger partial charge in [0, 0.05) is 26.3 Å². The Hall–Kier alpha value is -1.56. The van der Waals surface area contributed by atoms with Crippen molar-refractivity contribution in [3.63, 3.8) is 0 Å². The van der Waals surface area contributed by atoms with Gasteiger partial charge in [-0.2, -0.15) is 9.97 Å². The number of hydrogen-bond acceptors (Lipinski definition) is 6. The Morgan fingerprint density at radius 2 is 2.00 bits per heavy atom. The maximum atomic E-state index is 5.60. The summed E-state index contributed by atoms with van der Waals surface area (Å²) in [7, 11) is 1.79. The fraction of sp³-hybridized carbons (Fsp3) is 0.636. The topological polar surface area (TPSA) is 85.1 Å². The van der Waals surface area contributed by atoms with Gasteiger partial charge in [-0.3, -0.25) is 0 Å². The van der Waals surface area contributed by atoms with Crippen LogP contribution in [-0.4, -0.2) is 35.8 Å². The molecule has 0 bridgehead atoms. The van der Waals surface area contributed by atoms with Crippen molar-refractivity contribution in [2.75, 3.05) is 36.6 Å². The second kappa shape index (κ2) is 5.67. The predicted octanol–water partition coefficient (Wildman–Crippen LogP) is 1.33. The van der Waals surface area contributed by atoms with Crippen molar-refractivity contribution in [1.29, 1.82) is 0 Å². The molecular formula is C11H21N5O. The molecular weight excluding hydrogens is 218 g/mol. The highest BCUT2D eigenvalue weighted by molar-refractivity contribution is 5.50. The molecule has 0 aliphatic rings. The fourth-order valence-electron chi connectivity index (χ4n) is 1.43. The Labute approximate surface area is 102 Å². The summed E-state index contributed by atoms with van der Waals surface area (Å²) < 4.78 is 5.59. The number of rotatable bonds is 6. The van der Waals surface area contributed by atoms with E-state index in [0.717, 1.165) is 0 Å². The van der Waals surface area contributed by atoms with Gasteiger partial charge in [-0.1, -0.05) is 0 Å². The molecule has 0 atom stereocenters. The Balaban J connectivity index is 2.65. The van der Waals surface area contributed by atoms with Crippen LogP contribution < -0.4 is 16.4 Å². The SMILES string of the molecule is CCOC(C)(C)CNc1cc(NC)nc(N)n1. The molecule has 0 spiro atoms. The molecule has 1 heterocycles. The molecule has 1 aromatic rings. The molecule has 0 aliphatic heterocycles. The van der Waals surface area contributed by atoms with Crippen LogP contribution in [-0.2, 0) is 4.74 Å². The fourth-order valence-corrected chi connectivity index (χ4v) is 1.43. The highest BCUT2D eigenvalue weighted by Crippen LogP contribution is 2.14. The Morgan fingerprint density at radius 3 is 2.59 bits per heavy atom. The molecule has 6 nitrogen and oxygen atoms in total. The number of anilines is 3. The minimum absolute atomic E-state index is 0.242. The molecule has 0 amide bonds. The molecule has 17 heavy (non-hydrogen) atoms. The highest BCUT2D eigenvalue weighted by atomic mass is 16.5. The third kappa shape index (κ3) is 4.44. The van der Waals surface area contributed by atoms with Crippen LogP contribution in [0.5, 0.6) is 0 Å². The minimum Gasteiger partial charge on any atom is -0.374 e. The monoisotopic (exact) mass is 239 g/mol. The van der Waals surface area contributed by atoms with E-state index in [9.17, 15) is 0 Å². The summed E-state index contributed by atoms with van der Waals surface area (Å²) >= 11 is 0. The van der Waals surface area contributed by atoms with Gasteiger partial charge in [0.05, 0.1) is 5.60 Å². The lowest BCUT2D eigenvalue weighted by Gasteiger charge is -2.25. The lowest BCUT2D eigenvalue weighted by Crippen LogP contribution is -2.33. The molecule has 1 aromatic heterocycles. The average molecular weight is 239 g/mol. The van der Waals surface area contributed by atoms with Crippen LogP contribution in [0.25, 0.3) is 0 Å². The van der Waals surface area contributed by atoms with Crippen LogP contribution in [0.15, 0.2) is 6.07 Å². The van der Waals surface area contributed by atoms with Crippen molar-refractivity contribution >= 4 is 17.6 Å². The van der Waals surface area contributed by atoms with Crippen molar-refractivity contribution in [3.8, 4) is 0 Å². The van der Waals surface area contributed by atoms with E-state index in [1.165, 1.54) is 0 Å². The number of nitrogens with zero attached hydrogens (tertiary/aromatic N) is 2. The van der Waals surface area contributed by atoms with Gasteiger partial charge in [0.25, 0.3) is 0 Å². The summed E-state index contributed by atoms with van der Waals surface area (Å²) in [5, 5.41) is 6.12. The summed E-state index contributed by atoms with van der Waals surface area (Å²) in [6, 6.07) is 1.80. The molecule has 6 heteroatoms. The molecule has 4 N–H and O–H groups in total. The van der Waals surface area contributed by atoms with E-state index in [0.29, 0.717) is 24.8 Å². The van der Waals surface area contributed by atoms with Crippen LogP contribution in [0, 0.1) is 0 Å². The second-order valence-electron chi connectivity index (χ2n) is 4.29. The first-order valence-electron chi connectivity index (χ1n) is 5.67. The zero-order chi connectivity index (χ0) is 12.9. The van der Waals surface area contributed by atoms with Crippen molar-refractivity contribution < 1.29 is 4.74 Å². The first-order chi connectivity index (χ1) is 7.96. The van der Waals surface area contributed by atoms with E-state index in [-0.39, 0.29) is 11.5 Å². The normalized spacial score (nSPS) is 11.3. The van der Waals surface area contributed by atoms with E-state index in [1.54, 1.807) is 13.1 Å². The summed E-state index contributed by atoms with van der Waals surface area (Å²) in [5.41, 5.74) is 5.36. The smallest absolute Gasteiger partial charge is 0.223 e. The number of ether oxygens (including phenoxy) is 1. The minimum atomic E-state index is -0.242. The number of nitrogen functional groups attached to an aromatic ring is 1. The van der Waals surface area contributed by atoms with E-state index in [1.807, 2.05) is 20.8 Å². The maximum Gasteiger partial charge on any atom is 0.223 e. The molecule has 96 valence electrons. The van der Waals surface area contributed by atoms with Crippen LogP contribution in [0.4, 0.5) is 17.6 Å². The number of nitrogens with two attached hydrogens (primary N) is 1. The van der Waals surface area contributed by atoms with Gasteiger partial charge < -0.3 is 21.1 Å². The van der Waals surface area contributed by atoms with Gasteiger partial charge in [0.15, 0.2) is 0 Å². The Morgan fingerprint density at radius 1 is 1.35 bits per heavy atom. The summed E-state index contributed by atoms with van der Waals surface area (Å²) in [5.74, 6) is 1.62. The molecule has 0 radical (unpaired) electrons. The van der Waals surface area contributed by atoms with Crippen LogP contribution in [0.1, 0.15) is 20.8 Å². The number of hydrogen-bond donors (Lipinski definition) is 3. The molecule has 1 rings (SSSR count). The maximum absolute atomic E-state index is 5.60. The van der Waals surface area contributed by atoms with Crippen molar-refractivity contribution in [2.24, 2.45) is 0 Å². The highest BCUT2D eigenvalue weighted by Gasteiger charge is 2.17. The van der Waals surface area contributed by atoms with Gasteiger partial charge in [-0.05, 0) is 20.8 Å². The first-order valence-corrected chi connectivity index (χ1v) is 5.67. The molecule has 0 unspecified atom stereocenters. The largest absolute Gasteiger partial charge is 0.374 e. The van der Waals surface area contributed by atoms with E-state index < -0.39 is 0 Å². The zero-order valence-electron chi connectivity index (χ0n) is 10.9. The van der Waals surface area contributed by atoms with E-state index in [2.05, 4.69) is 20.6 Å². The van der Waals surface area contributed by atoms with Gasteiger partial charge in [0.2, 0.25) is 5.95 Å². The summed E-state index contributed by atoms with van der Waals surface area (Å²) in [4.78, 5) is 8.12. The standard InChI is InChI=1S/C11H21N5O/c1-5-17-11(2,3)7-14-9-6-8(13-4)15-10(12)16-9/h6H,5,7H2,1-4H3,(H4,12,13,14,15,16). The van der Waals surface area contributed by atoms with Gasteiger partial charge in [0.1, 0.15) is 11.6 Å². The second-order valence-corrected chi connectivity index (χ2v) is 4.29. The number of nitrogens with one attached hydrogen (secondary N) is 2. The van der Waals surface area contributed by atoms with Gasteiger partial charge in [-0.25, -0.2) is 0 Å². The Bertz CT molecular complexity index is 367. The zero-order valence-corrected chi connectivity index (χ0v) is 10.9. The predicted molar refractivity (Wildman–Crippen MR) is 70.2 cm³/mol. The number of aromatic nitrogens is 2. The molecule has 0 saturated carbocycles. The van der Waals surface area contributed by atoms with Crippen LogP contribution in [0.2, 0.25) is 0 Å². The van der Waals surface area contributed by atoms with E-state index in [4.69, 9.17) is 10.5 Å². The van der Waals surface area contributed by atoms with Gasteiger partial charge in [-0.15, -0.1) is 0 Å². The Kier molecular flexibility index (Phi) is 4.51. The van der Waals surface area contributed by atoms with Gasteiger partial charge >= 0.3 is 0 Å². The van der Waals surface area contributed by atoms with Crippen molar-refractivity contribution in [1.82, 2.24) is 9.97 Å². The third-order valence-corrected chi connectivity index (χ3v) is 2.23. The summed E-state index contributed by atoms with van der Waals surface area (Å²) in [6.07, 6.45) is 0. The third-order valence-electron chi connectivity index (χ3n) is 2.23. The van der Waals surface area contributed by atoms with E-state index >= 15 is 0 Å². The van der Waals surface area contributed by atoms with Crippen LogP contribution >= 0.6 is 0 Å². The van der Waals surface area contributed by atoms with Crippen molar-refractivity contribution in [2.45, 2.75) is 26.4 Å². The average Bonchev–Trinajstić information content (AvgIpc) is 2.26. The lowest BCUT2D eigenvalue weighted by molar-refractivity contribution is 0.000642. The lowest BCUT2D eigenvalue weighted by atomic mass is 10.1. The molecule has 0 fully saturated rings. The first kappa shape index (κ1) is 13.5. The summed E-state index contributed by atoms with van der Waals surface area (Å²) in [6.45, 7) is 7.35. The van der Waals surface area contributed by atoms with Crippen molar-refractivity contribution in [3.05, 3.63) is 6.07 Å². The molecule has 0 aliphatic carbocycles.